The number of benzene rings is 1. The zero-order valence-corrected chi connectivity index (χ0v) is 14.3. The van der Waals surface area contributed by atoms with Gasteiger partial charge in [0.25, 0.3) is 5.91 Å². The first-order valence-electron chi connectivity index (χ1n) is 7.61. The molecule has 0 saturated heterocycles. The minimum absolute atomic E-state index is 0.123. The van der Waals surface area contributed by atoms with Gasteiger partial charge in [-0.05, 0) is 25.5 Å². The predicted molar refractivity (Wildman–Crippen MR) is 93.5 cm³/mol. The van der Waals surface area contributed by atoms with Gasteiger partial charge in [0.1, 0.15) is 17.5 Å². The molecule has 3 rings (SSSR count). The van der Waals surface area contributed by atoms with Crippen molar-refractivity contribution in [1.82, 2.24) is 25.1 Å². The van der Waals surface area contributed by atoms with Crippen LogP contribution in [0.1, 0.15) is 27.9 Å². The van der Waals surface area contributed by atoms with E-state index in [-0.39, 0.29) is 5.91 Å². The molecule has 0 aliphatic heterocycles. The molecule has 8 heteroatoms. The average Bonchev–Trinajstić information content (AvgIpc) is 3.23. The summed E-state index contributed by atoms with van der Waals surface area (Å²) in [6, 6.07) is 7.76. The maximum atomic E-state index is 12.5. The largest absolute Gasteiger partial charge is 0.362 e. The monoisotopic (exact) mass is 342 g/mol. The van der Waals surface area contributed by atoms with Crippen LogP contribution in [0.5, 0.6) is 0 Å². The summed E-state index contributed by atoms with van der Waals surface area (Å²) in [5, 5.41) is 11.0. The molecule has 7 nitrogen and oxygen atoms in total. The number of carbonyl (C=O) groups excluding carboxylic acids is 1. The first-order valence-corrected chi connectivity index (χ1v) is 8.43. The van der Waals surface area contributed by atoms with Crippen molar-refractivity contribution >= 4 is 22.4 Å². The van der Waals surface area contributed by atoms with Gasteiger partial charge in [-0.2, -0.15) is 5.10 Å². The summed E-state index contributed by atoms with van der Waals surface area (Å²) in [7, 11) is 0. The van der Waals surface area contributed by atoms with Crippen molar-refractivity contribution in [3.63, 3.8) is 0 Å². The zero-order valence-electron chi connectivity index (χ0n) is 13.5. The topological polar surface area (TPSA) is 84.7 Å². The van der Waals surface area contributed by atoms with E-state index in [9.17, 15) is 4.79 Å². The third kappa shape index (κ3) is 3.43. The van der Waals surface area contributed by atoms with Gasteiger partial charge in [-0.25, -0.2) is 14.6 Å². The number of anilines is 1. The molecule has 24 heavy (non-hydrogen) atoms. The molecule has 1 aromatic carbocycles. The molecule has 0 bridgehead atoms. The van der Waals surface area contributed by atoms with E-state index in [4.69, 9.17) is 0 Å². The SMILES string of the molecule is CCNc1nc(C)c(C(=O)NCc2ccccc2-n2cncn2)s1. The highest BCUT2D eigenvalue weighted by Gasteiger charge is 2.15. The zero-order chi connectivity index (χ0) is 16.9. The van der Waals surface area contributed by atoms with E-state index in [1.165, 1.54) is 17.7 Å². The number of hydrogen-bond acceptors (Lipinski definition) is 6. The number of carbonyl (C=O) groups is 1. The number of hydrogen-bond donors (Lipinski definition) is 2. The molecular formula is C16H18N6OS. The molecular weight excluding hydrogens is 324 g/mol. The number of aryl methyl sites for hydroxylation is 1. The summed E-state index contributed by atoms with van der Waals surface area (Å²) in [4.78, 5) is 21.4. The smallest absolute Gasteiger partial charge is 0.263 e. The van der Waals surface area contributed by atoms with Crippen LogP contribution in [0.2, 0.25) is 0 Å². The van der Waals surface area contributed by atoms with E-state index in [2.05, 4.69) is 25.7 Å². The highest BCUT2D eigenvalue weighted by Crippen LogP contribution is 2.22. The van der Waals surface area contributed by atoms with Crippen LogP contribution in [0.25, 0.3) is 5.69 Å². The van der Waals surface area contributed by atoms with Crippen molar-refractivity contribution < 1.29 is 4.79 Å². The molecule has 3 aromatic rings. The minimum atomic E-state index is -0.123. The fourth-order valence-electron chi connectivity index (χ4n) is 2.31. The summed E-state index contributed by atoms with van der Waals surface area (Å²) in [6.45, 7) is 5.02. The third-order valence-corrected chi connectivity index (χ3v) is 4.54. The van der Waals surface area contributed by atoms with Gasteiger partial charge < -0.3 is 10.6 Å². The molecule has 124 valence electrons. The van der Waals surface area contributed by atoms with Crippen molar-refractivity contribution in [3.8, 4) is 5.69 Å². The van der Waals surface area contributed by atoms with Crippen LogP contribution < -0.4 is 10.6 Å². The molecule has 0 unspecified atom stereocenters. The number of nitrogens with one attached hydrogen (secondary N) is 2. The standard InChI is InChI=1S/C16H18N6OS/c1-3-18-16-21-11(2)14(24-16)15(23)19-8-12-6-4-5-7-13(12)22-10-17-9-20-22/h4-7,9-10H,3,8H2,1-2H3,(H,18,21)(H,19,23). The molecule has 0 aliphatic rings. The van der Waals surface area contributed by atoms with Crippen molar-refractivity contribution in [3.05, 3.63) is 53.1 Å². The summed E-state index contributed by atoms with van der Waals surface area (Å²) in [6.07, 6.45) is 3.12. The molecule has 0 spiro atoms. The van der Waals surface area contributed by atoms with E-state index in [1.54, 1.807) is 11.0 Å². The van der Waals surface area contributed by atoms with Crippen molar-refractivity contribution in [2.75, 3.05) is 11.9 Å². The molecule has 2 aromatic heterocycles. The highest BCUT2D eigenvalue weighted by molar-refractivity contribution is 7.17. The first-order chi connectivity index (χ1) is 11.7. The van der Waals surface area contributed by atoms with Gasteiger partial charge in [0.15, 0.2) is 5.13 Å². The normalized spacial score (nSPS) is 10.6. The second-order valence-corrected chi connectivity index (χ2v) is 6.11. The highest BCUT2D eigenvalue weighted by atomic mass is 32.1. The summed E-state index contributed by atoms with van der Waals surface area (Å²) in [5.41, 5.74) is 2.59. The van der Waals surface area contributed by atoms with Gasteiger partial charge in [0.2, 0.25) is 0 Å². The number of amides is 1. The molecule has 0 radical (unpaired) electrons. The van der Waals surface area contributed by atoms with Crippen LogP contribution >= 0.6 is 11.3 Å². The van der Waals surface area contributed by atoms with Gasteiger partial charge in [-0.1, -0.05) is 29.5 Å². The molecule has 0 saturated carbocycles. The molecule has 2 heterocycles. The second-order valence-electron chi connectivity index (χ2n) is 5.12. The van der Waals surface area contributed by atoms with E-state index >= 15 is 0 Å². The lowest BCUT2D eigenvalue weighted by molar-refractivity contribution is 0.0954. The number of rotatable bonds is 6. The fourth-order valence-corrected chi connectivity index (χ4v) is 3.26. The van der Waals surface area contributed by atoms with Crippen LogP contribution in [0.15, 0.2) is 36.9 Å². The van der Waals surface area contributed by atoms with Gasteiger partial charge in [0.05, 0.1) is 11.4 Å². The van der Waals surface area contributed by atoms with Gasteiger partial charge in [0, 0.05) is 13.1 Å². The molecule has 0 fully saturated rings. The Bertz CT molecular complexity index is 827. The maximum Gasteiger partial charge on any atom is 0.263 e. The Kier molecular flexibility index (Phi) is 4.85. The van der Waals surface area contributed by atoms with Crippen molar-refractivity contribution in [1.29, 1.82) is 0 Å². The van der Waals surface area contributed by atoms with E-state index < -0.39 is 0 Å². The summed E-state index contributed by atoms with van der Waals surface area (Å²) >= 11 is 1.37. The Balaban J connectivity index is 1.73. The van der Waals surface area contributed by atoms with Gasteiger partial charge in [-0.15, -0.1) is 0 Å². The Hall–Kier alpha value is -2.74. The predicted octanol–water partition coefficient (Wildman–Crippen LogP) is 2.39. The lowest BCUT2D eigenvalue weighted by Crippen LogP contribution is -2.23. The fraction of sp³-hybridized carbons (Fsp3) is 0.250. The number of nitrogens with zero attached hydrogens (tertiary/aromatic N) is 4. The Morgan fingerprint density at radius 3 is 2.92 bits per heavy atom. The third-order valence-electron chi connectivity index (χ3n) is 3.43. The van der Waals surface area contributed by atoms with Crippen LogP contribution in [0.4, 0.5) is 5.13 Å². The van der Waals surface area contributed by atoms with Gasteiger partial charge >= 0.3 is 0 Å². The Labute approximate surface area is 143 Å². The summed E-state index contributed by atoms with van der Waals surface area (Å²) < 4.78 is 1.68. The molecule has 1 amide bonds. The quantitative estimate of drug-likeness (QED) is 0.718. The first kappa shape index (κ1) is 16.1. The lowest BCUT2D eigenvalue weighted by atomic mass is 10.1. The number of para-hydroxylation sites is 1. The van der Waals surface area contributed by atoms with Crippen molar-refractivity contribution in [2.24, 2.45) is 0 Å². The van der Waals surface area contributed by atoms with E-state index in [1.807, 2.05) is 38.1 Å². The Morgan fingerprint density at radius 1 is 1.33 bits per heavy atom. The molecule has 0 aliphatic carbocycles. The molecule has 2 N–H and O–H groups in total. The second kappa shape index (κ2) is 7.22. The number of thiazole rings is 1. The number of aromatic nitrogens is 4. The summed E-state index contributed by atoms with van der Waals surface area (Å²) in [5.74, 6) is -0.123. The average molecular weight is 342 g/mol. The molecule has 0 atom stereocenters. The van der Waals surface area contributed by atoms with Crippen molar-refractivity contribution in [2.45, 2.75) is 20.4 Å². The lowest BCUT2D eigenvalue weighted by Gasteiger charge is -2.10. The van der Waals surface area contributed by atoms with Crippen LogP contribution in [0, 0.1) is 6.92 Å². The van der Waals surface area contributed by atoms with Crippen LogP contribution in [0.3, 0.4) is 0 Å². The van der Waals surface area contributed by atoms with E-state index in [0.717, 1.165) is 28.6 Å². The maximum absolute atomic E-state index is 12.5. The van der Waals surface area contributed by atoms with Crippen LogP contribution in [-0.2, 0) is 6.54 Å². The van der Waals surface area contributed by atoms with E-state index in [0.29, 0.717) is 11.4 Å². The minimum Gasteiger partial charge on any atom is -0.362 e. The van der Waals surface area contributed by atoms with Crippen LogP contribution in [-0.4, -0.2) is 32.2 Å². The Morgan fingerprint density at radius 2 is 2.17 bits per heavy atom. The van der Waals surface area contributed by atoms with Gasteiger partial charge in [-0.3, -0.25) is 4.79 Å².